The van der Waals surface area contributed by atoms with Gasteiger partial charge in [-0.3, -0.25) is 0 Å². The molecule has 0 fully saturated rings. The van der Waals surface area contributed by atoms with E-state index in [0.29, 0.717) is 0 Å². The summed E-state index contributed by atoms with van der Waals surface area (Å²) in [6, 6.07) is 0. The summed E-state index contributed by atoms with van der Waals surface area (Å²) in [5, 5.41) is -2.14. The molecule has 0 spiro atoms. The van der Waals surface area contributed by atoms with Crippen molar-refractivity contribution in [3.05, 3.63) is 0 Å². The molecule has 0 rings (SSSR count). The fraction of sp³-hybridized carbons (Fsp3) is 1.00. The highest BCUT2D eigenvalue weighted by molar-refractivity contribution is 7.95. The van der Waals surface area contributed by atoms with Crippen LogP contribution in [0, 0.1) is 0 Å². The molecule has 0 aromatic carbocycles. The standard InChI is InChI=1S/C6H6F8O4S/c1-3(7,8)4(9,10)16-5(11,12)6(13,14)19-18-17-15-2/h1-2H3. The molecule has 0 saturated heterocycles. The van der Waals surface area contributed by atoms with E-state index >= 15 is 0 Å². The molecule has 0 aromatic heterocycles. The van der Waals surface area contributed by atoms with Crippen LogP contribution in [0.15, 0.2) is 0 Å². The molecule has 0 radical (unpaired) electrons. The largest absolute Gasteiger partial charge is 0.436 e. The van der Waals surface area contributed by atoms with Gasteiger partial charge < -0.3 is 0 Å². The molecule has 0 atom stereocenters. The summed E-state index contributed by atoms with van der Waals surface area (Å²) in [6.45, 7) is -0.487. The highest BCUT2D eigenvalue weighted by Gasteiger charge is 2.68. The zero-order chi connectivity index (χ0) is 15.5. The number of alkyl halides is 8. The Hall–Kier alpha value is -0.370. The van der Waals surface area contributed by atoms with E-state index in [9.17, 15) is 35.1 Å². The molecule has 0 N–H and O–H groups in total. The van der Waals surface area contributed by atoms with Crippen molar-refractivity contribution in [1.29, 1.82) is 0 Å². The minimum Gasteiger partial charge on any atom is -0.245 e. The molecule has 0 unspecified atom stereocenters. The van der Waals surface area contributed by atoms with Crippen molar-refractivity contribution in [2.24, 2.45) is 0 Å². The zero-order valence-electron chi connectivity index (χ0n) is 9.06. The van der Waals surface area contributed by atoms with Crippen molar-refractivity contribution in [3.63, 3.8) is 0 Å². The summed E-state index contributed by atoms with van der Waals surface area (Å²) >= 11 is -1.47. The summed E-state index contributed by atoms with van der Waals surface area (Å²) in [4.78, 5) is 3.57. The van der Waals surface area contributed by atoms with Crippen LogP contribution >= 0.6 is 12.0 Å². The van der Waals surface area contributed by atoms with E-state index < -0.39 is 42.4 Å². The number of hydrogen-bond acceptors (Lipinski definition) is 5. The van der Waals surface area contributed by atoms with Crippen LogP contribution in [-0.2, 0) is 19.0 Å². The van der Waals surface area contributed by atoms with E-state index in [1.807, 2.05) is 0 Å². The van der Waals surface area contributed by atoms with E-state index in [2.05, 4.69) is 19.0 Å². The predicted octanol–water partition coefficient (Wildman–Crippen LogP) is 3.59. The van der Waals surface area contributed by atoms with Gasteiger partial charge in [0.1, 0.15) is 12.0 Å². The third-order valence-corrected chi connectivity index (χ3v) is 1.91. The van der Waals surface area contributed by atoms with Crippen molar-refractivity contribution < 1.29 is 54.1 Å². The number of ether oxygens (including phenoxy) is 1. The summed E-state index contributed by atoms with van der Waals surface area (Å²) < 4.78 is 106. The van der Waals surface area contributed by atoms with Crippen LogP contribution in [0.2, 0.25) is 0 Å². The lowest BCUT2D eigenvalue weighted by Gasteiger charge is -2.30. The average molecular weight is 326 g/mol. The van der Waals surface area contributed by atoms with Crippen LogP contribution in [0.25, 0.3) is 0 Å². The predicted molar refractivity (Wildman–Crippen MR) is 43.3 cm³/mol. The Morgan fingerprint density at radius 1 is 0.842 bits per heavy atom. The Bertz CT molecular complexity index is 293. The van der Waals surface area contributed by atoms with Gasteiger partial charge >= 0.3 is 23.4 Å². The van der Waals surface area contributed by atoms with Gasteiger partial charge in [-0.05, 0) is 0 Å². The van der Waals surface area contributed by atoms with Crippen LogP contribution in [0.3, 0.4) is 0 Å². The van der Waals surface area contributed by atoms with Gasteiger partial charge in [-0.25, -0.2) is 9.62 Å². The zero-order valence-corrected chi connectivity index (χ0v) is 9.88. The van der Waals surface area contributed by atoms with Gasteiger partial charge in [-0.2, -0.15) is 35.1 Å². The molecule has 0 aromatic rings. The van der Waals surface area contributed by atoms with E-state index in [1.54, 1.807) is 0 Å². The van der Waals surface area contributed by atoms with Gasteiger partial charge in [0.25, 0.3) is 0 Å². The lowest BCUT2D eigenvalue weighted by molar-refractivity contribution is -0.462. The Morgan fingerprint density at radius 2 is 1.32 bits per heavy atom. The fourth-order valence-corrected chi connectivity index (χ4v) is 0.750. The highest BCUT2D eigenvalue weighted by Crippen LogP contribution is 2.49. The maximum absolute atomic E-state index is 12.7. The first-order valence-corrected chi connectivity index (χ1v) is 4.77. The normalized spacial score (nSPS) is 14.8. The summed E-state index contributed by atoms with van der Waals surface area (Å²) in [5.41, 5.74) is 0. The second-order valence-corrected chi connectivity index (χ2v) is 3.74. The molecule has 4 nitrogen and oxygen atoms in total. The van der Waals surface area contributed by atoms with Gasteiger partial charge in [-0.15, -0.1) is 4.33 Å². The molecule has 0 bridgehead atoms. The van der Waals surface area contributed by atoms with Crippen LogP contribution in [0.1, 0.15) is 6.92 Å². The third-order valence-electron chi connectivity index (χ3n) is 1.34. The third kappa shape index (κ3) is 4.91. The summed E-state index contributed by atoms with van der Waals surface area (Å²) in [7, 11) is 0.749. The molecule has 0 amide bonds. The van der Waals surface area contributed by atoms with Crippen LogP contribution in [0.5, 0.6) is 0 Å². The monoisotopic (exact) mass is 326 g/mol. The molecule has 0 heterocycles. The molecule has 0 aliphatic heterocycles. The fourth-order valence-electron chi connectivity index (χ4n) is 0.443. The van der Waals surface area contributed by atoms with Crippen LogP contribution in [-0.4, -0.2) is 30.5 Å². The molecule has 0 aliphatic rings. The van der Waals surface area contributed by atoms with Crippen molar-refractivity contribution in [3.8, 4) is 0 Å². The first kappa shape index (κ1) is 18.6. The number of hydrogen-bond donors (Lipinski definition) is 0. The van der Waals surface area contributed by atoms with E-state index in [0.717, 1.165) is 7.11 Å². The Labute approximate surface area is 105 Å². The quantitative estimate of drug-likeness (QED) is 0.224. The minimum atomic E-state index is -5.97. The van der Waals surface area contributed by atoms with Gasteiger partial charge in [0.15, 0.2) is 0 Å². The summed E-state index contributed by atoms with van der Waals surface area (Å²) in [5.74, 6) is -5.11. The van der Waals surface area contributed by atoms with Crippen molar-refractivity contribution in [2.45, 2.75) is 30.3 Å². The van der Waals surface area contributed by atoms with E-state index in [4.69, 9.17) is 0 Å². The van der Waals surface area contributed by atoms with Gasteiger partial charge in [0.2, 0.25) is 0 Å². The minimum absolute atomic E-state index is 0.487. The lowest BCUT2D eigenvalue weighted by Crippen LogP contribution is -2.51. The van der Waals surface area contributed by atoms with Crippen molar-refractivity contribution in [1.82, 2.24) is 0 Å². The Morgan fingerprint density at radius 3 is 1.68 bits per heavy atom. The Balaban J connectivity index is 4.86. The first-order valence-electron chi connectivity index (χ1n) is 4.03. The lowest BCUT2D eigenvalue weighted by atomic mass is 10.3. The van der Waals surface area contributed by atoms with E-state index in [1.165, 1.54) is 0 Å². The number of rotatable bonds is 8. The van der Waals surface area contributed by atoms with Crippen molar-refractivity contribution in [2.75, 3.05) is 7.11 Å². The SMILES string of the molecule is COOOSC(F)(F)C(F)(F)OC(F)(F)C(C)(F)F. The van der Waals surface area contributed by atoms with Crippen LogP contribution in [0.4, 0.5) is 35.1 Å². The van der Waals surface area contributed by atoms with Gasteiger partial charge in [-0.1, -0.05) is 5.04 Å². The van der Waals surface area contributed by atoms with Gasteiger partial charge in [0, 0.05) is 6.92 Å². The molecule has 19 heavy (non-hydrogen) atoms. The maximum Gasteiger partial charge on any atom is 0.436 e. The van der Waals surface area contributed by atoms with Crippen LogP contribution < -0.4 is 0 Å². The molecule has 116 valence electrons. The topological polar surface area (TPSA) is 36.9 Å². The molecule has 0 saturated carbocycles. The second-order valence-electron chi connectivity index (χ2n) is 2.93. The molecular formula is C6H6F8O4S. The first-order chi connectivity index (χ1) is 8.27. The smallest absolute Gasteiger partial charge is 0.245 e. The second kappa shape index (κ2) is 5.95. The number of halogens is 8. The average Bonchev–Trinajstić information content (AvgIpc) is 2.13. The highest BCUT2D eigenvalue weighted by atomic mass is 32.2. The van der Waals surface area contributed by atoms with Gasteiger partial charge in [0.05, 0.1) is 7.11 Å². The maximum atomic E-state index is 12.7. The van der Waals surface area contributed by atoms with Crippen molar-refractivity contribution >= 4 is 12.0 Å². The molecule has 0 aliphatic carbocycles. The Kier molecular flexibility index (Phi) is 5.83. The van der Waals surface area contributed by atoms with E-state index in [-0.39, 0.29) is 0 Å². The summed E-state index contributed by atoms with van der Waals surface area (Å²) in [6.07, 6.45) is -11.8. The molecule has 13 heteroatoms. The molecular weight excluding hydrogens is 320 g/mol.